The molecule has 28 heavy (non-hydrogen) atoms. The number of hydrogen-bond acceptors (Lipinski definition) is 5. The van der Waals surface area contributed by atoms with Crippen LogP contribution in [-0.4, -0.2) is 99.7 Å². The first-order chi connectivity index (χ1) is 13.6. The van der Waals surface area contributed by atoms with Crippen LogP contribution in [0.25, 0.3) is 0 Å². The molecule has 7 heteroatoms. The van der Waals surface area contributed by atoms with E-state index in [1.807, 2.05) is 7.05 Å². The molecule has 162 valence electrons. The van der Waals surface area contributed by atoms with E-state index in [-0.39, 0.29) is 5.54 Å². The molecule has 0 aromatic carbocycles. The Morgan fingerprint density at radius 3 is 2.46 bits per heavy atom. The van der Waals surface area contributed by atoms with Crippen LogP contribution < -0.4 is 5.32 Å². The van der Waals surface area contributed by atoms with Gasteiger partial charge >= 0.3 is 0 Å². The Bertz CT molecular complexity index is 480. The second-order valence-corrected chi connectivity index (χ2v) is 8.82. The monoisotopic (exact) mass is 396 g/mol. The van der Waals surface area contributed by atoms with E-state index in [4.69, 9.17) is 14.2 Å². The van der Waals surface area contributed by atoms with E-state index in [0.29, 0.717) is 12.2 Å². The number of likely N-dealkylation sites (tertiary alicyclic amines) is 1. The summed E-state index contributed by atoms with van der Waals surface area (Å²) in [5.41, 5.74) is 0.0845. The standard InChI is InChI=1S/C21H40N4O3/c1-21(2,25-11-14-26-15-12-25)17-23-20(22-3)24-9-7-18(8-10-24)28-16-19-6-4-5-13-27-19/h18-19H,4-17H2,1-3H3,(H,22,23). The van der Waals surface area contributed by atoms with Crippen LogP contribution in [0.2, 0.25) is 0 Å². The first-order valence-corrected chi connectivity index (χ1v) is 11.1. The summed E-state index contributed by atoms with van der Waals surface area (Å²) in [5, 5.41) is 3.61. The van der Waals surface area contributed by atoms with Crippen molar-refractivity contribution in [1.29, 1.82) is 0 Å². The van der Waals surface area contributed by atoms with Crippen molar-refractivity contribution >= 4 is 5.96 Å². The SMILES string of the molecule is CN=C(NCC(C)(C)N1CCOCC1)N1CCC(OCC2CCCCO2)CC1. The van der Waals surface area contributed by atoms with Gasteiger partial charge in [-0.05, 0) is 46.0 Å². The van der Waals surface area contributed by atoms with Gasteiger partial charge in [0, 0.05) is 51.9 Å². The fourth-order valence-corrected chi connectivity index (χ4v) is 4.32. The molecule has 3 aliphatic heterocycles. The summed E-state index contributed by atoms with van der Waals surface area (Å²) in [6, 6.07) is 0. The summed E-state index contributed by atoms with van der Waals surface area (Å²) in [6.45, 7) is 12.8. The van der Waals surface area contributed by atoms with Crippen LogP contribution in [-0.2, 0) is 14.2 Å². The Kier molecular flexibility index (Phi) is 8.38. The average molecular weight is 397 g/mol. The lowest BCUT2D eigenvalue weighted by molar-refractivity contribution is -0.0721. The van der Waals surface area contributed by atoms with Crippen LogP contribution in [0.15, 0.2) is 4.99 Å². The quantitative estimate of drug-likeness (QED) is 0.545. The zero-order chi connectivity index (χ0) is 19.8. The second kappa shape index (κ2) is 10.8. The van der Waals surface area contributed by atoms with Crippen LogP contribution in [0.4, 0.5) is 0 Å². The van der Waals surface area contributed by atoms with Gasteiger partial charge in [-0.3, -0.25) is 9.89 Å². The van der Waals surface area contributed by atoms with E-state index < -0.39 is 0 Å². The van der Waals surface area contributed by atoms with Gasteiger partial charge in [-0.25, -0.2) is 0 Å². The number of ether oxygens (including phenoxy) is 3. The smallest absolute Gasteiger partial charge is 0.193 e. The summed E-state index contributed by atoms with van der Waals surface area (Å²) in [4.78, 5) is 9.40. The van der Waals surface area contributed by atoms with Gasteiger partial charge in [0.1, 0.15) is 0 Å². The Labute approximate surface area is 170 Å². The minimum absolute atomic E-state index is 0.0845. The van der Waals surface area contributed by atoms with Crippen molar-refractivity contribution in [1.82, 2.24) is 15.1 Å². The first kappa shape index (κ1) is 21.8. The third-order valence-electron chi connectivity index (χ3n) is 6.29. The van der Waals surface area contributed by atoms with Crippen molar-refractivity contribution in [2.75, 3.05) is 66.2 Å². The van der Waals surface area contributed by atoms with Crippen LogP contribution in [0.1, 0.15) is 46.0 Å². The van der Waals surface area contributed by atoms with Crippen molar-refractivity contribution in [3.8, 4) is 0 Å². The highest BCUT2D eigenvalue weighted by atomic mass is 16.5. The van der Waals surface area contributed by atoms with Gasteiger partial charge in [0.15, 0.2) is 5.96 Å². The molecule has 0 amide bonds. The van der Waals surface area contributed by atoms with Crippen LogP contribution >= 0.6 is 0 Å². The molecular weight excluding hydrogens is 356 g/mol. The maximum absolute atomic E-state index is 6.15. The van der Waals surface area contributed by atoms with E-state index in [9.17, 15) is 0 Å². The van der Waals surface area contributed by atoms with Crippen LogP contribution in [0, 0.1) is 0 Å². The zero-order valence-corrected chi connectivity index (χ0v) is 18.1. The lowest BCUT2D eigenvalue weighted by atomic mass is 10.0. The largest absolute Gasteiger partial charge is 0.379 e. The molecule has 7 nitrogen and oxygen atoms in total. The van der Waals surface area contributed by atoms with Crippen molar-refractivity contribution in [3.63, 3.8) is 0 Å². The molecule has 0 spiro atoms. The van der Waals surface area contributed by atoms with Crippen molar-refractivity contribution in [2.24, 2.45) is 4.99 Å². The molecule has 0 radical (unpaired) electrons. The maximum Gasteiger partial charge on any atom is 0.193 e. The molecule has 0 saturated carbocycles. The van der Waals surface area contributed by atoms with Crippen LogP contribution in [0.5, 0.6) is 0 Å². The van der Waals surface area contributed by atoms with Gasteiger partial charge in [0.05, 0.1) is 32.0 Å². The number of morpholine rings is 1. The molecular formula is C21H40N4O3. The summed E-state index contributed by atoms with van der Waals surface area (Å²) >= 11 is 0. The minimum atomic E-state index is 0.0845. The Hall–Kier alpha value is -0.890. The van der Waals surface area contributed by atoms with Crippen molar-refractivity contribution in [3.05, 3.63) is 0 Å². The molecule has 0 bridgehead atoms. The van der Waals surface area contributed by atoms with E-state index in [1.54, 1.807) is 0 Å². The topological polar surface area (TPSA) is 58.6 Å². The molecule has 3 aliphatic rings. The lowest BCUT2D eigenvalue weighted by Crippen LogP contribution is -2.57. The number of nitrogens with zero attached hydrogens (tertiary/aromatic N) is 3. The highest BCUT2D eigenvalue weighted by molar-refractivity contribution is 5.80. The Balaban J connectivity index is 1.38. The highest BCUT2D eigenvalue weighted by Crippen LogP contribution is 2.19. The highest BCUT2D eigenvalue weighted by Gasteiger charge is 2.30. The van der Waals surface area contributed by atoms with Gasteiger partial charge in [-0.1, -0.05) is 0 Å². The number of piperidine rings is 1. The minimum Gasteiger partial charge on any atom is -0.379 e. The summed E-state index contributed by atoms with van der Waals surface area (Å²) < 4.78 is 17.4. The summed E-state index contributed by atoms with van der Waals surface area (Å²) in [7, 11) is 1.88. The zero-order valence-electron chi connectivity index (χ0n) is 18.1. The molecule has 3 heterocycles. The third-order valence-corrected chi connectivity index (χ3v) is 6.29. The predicted octanol–water partition coefficient (Wildman–Crippen LogP) is 1.72. The fourth-order valence-electron chi connectivity index (χ4n) is 4.32. The van der Waals surface area contributed by atoms with E-state index in [2.05, 4.69) is 34.0 Å². The lowest BCUT2D eigenvalue weighted by Gasteiger charge is -2.42. The molecule has 0 aromatic heterocycles. The number of aliphatic imine (C=N–C) groups is 1. The molecule has 3 saturated heterocycles. The molecule has 1 unspecified atom stereocenters. The van der Waals surface area contributed by atoms with Gasteiger partial charge in [0.2, 0.25) is 0 Å². The molecule has 1 N–H and O–H groups in total. The van der Waals surface area contributed by atoms with Gasteiger partial charge < -0.3 is 24.4 Å². The van der Waals surface area contributed by atoms with Crippen LogP contribution in [0.3, 0.4) is 0 Å². The van der Waals surface area contributed by atoms with Gasteiger partial charge in [-0.15, -0.1) is 0 Å². The van der Waals surface area contributed by atoms with E-state index in [0.717, 1.165) is 84.4 Å². The Morgan fingerprint density at radius 2 is 1.82 bits per heavy atom. The van der Waals surface area contributed by atoms with E-state index in [1.165, 1.54) is 12.8 Å². The Morgan fingerprint density at radius 1 is 1.07 bits per heavy atom. The molecule has 3 rings (SSSR count). The predicted molar refractivity (Wildman–Crippen MR) is 112 cm³/mol. The number of guanidine groups is 1. The number of hydrogen-bond donors (Lipinski definition) is 1. The summed E-state index contributed by atoms with van der Waals surface area (Å²) in [5.74, 6) is 1.01. The average Bonchev–Trinajstić information content (AvgIpc) is 2.75. The molecule has 0 aromatic rings. The number of nitrogens with one attached hydrogen (secondary N) is 1. The third kappa shape index (κ3) is 6.31. The van der Waals surface area contributed by atoms with E-state index >= 15 is 0 Å². The fraction of sp³-hybridized carbons (Fsp3) is 0.952. The van der Waals surface area contributed by atoms with Gasteiger partial charge in [0.25, 0.3) is 0 Å². The summed E-state index contributed by atoms with van der Waals surface area (Å²) in [6.07, 6.45) is 6.39. The molecule has 0 aliphatic carbocycles. The second-order valence-electron chi connectivity index (χ2n) is 8.82. The number of rotatable bonds is 6. The molecule has 1 atom stereocenters. The maximum atomic E-state index is 6.15. The normalized spacial score (nSPS) is 26.5. The first-order valence-electron chi connectivity index (χ1n) is 11.1. The van der Waals surface area contributed by atoms with Crippen molar-refractivity contribution in [2.45, 2.75) is 63.7 Å². The van der Waals surface area contributed by atoms with Gasteiger partial charge in [-0.2, -0.15) is 0 Å². The molecule has 3 fully saturated rings. The van der Waals surface area contributed by atoms with Crippen molar-refractivity contribution < 1.29 is 14.2 Å².